The summed E-state index contributed by atoms with van der Waals surface area (Å²) in [7, 11) is -3.12. The van der Waals surface area contributed by atoms with Crippen LogP contribution in [0.1, 0.15) is 22.8 Å². The number of aliphatic carboxylic acids is 1. The summed E-state index contributed by atoms with van der Waals surface area (Å²) in [6.45, 7) is 1.36. The van der Waals surface area contributed by atoms with Gasteiger partial charge in [-0.2, -0.15) is 0 Å². The second-order valence-electron chi connectivity index (χ2n) is 4.30. The first-order chi connectivity index (χ1) is 8.69. The van der Waals surface area contributed by atoms with Crippen molar-refractivity contribution >= 4 is 21.7 Å². The normalized spacial score (nSPS) is 12.7. The molecule has 1 atom stereocenters. The number of nitrogens with one attached hydrogen (secondary N) is 1. The average Bonchev–Trinajstić information content (AvgIpc) is 2.27. The van der Waals surface area contributed by atoms with Crippen LogP contribution in [0, 0.1) is 0 Å². The van der Waals surface area contributed by atoms with Crippen LogP contribution in [0.4, 0.5) is 0 Å². The summed E-state index contributed by atoms with van der Waals surface area (Å²) in [5, 5.41) is 11.0. The van der Waals surface area contributed by atoms with Gasteiger partial charge in [0.25, 0.3) is 5.91 Å². The third kappa shape index (κ3) is 5.09. The van der Waals surface area contributed by atoms with E-state index in [0.717, 1.165) is 6.26 Å². The van der Waals surface area contributed by atoms with E-state index in [1.807, 2.05) is 0 Å². The van der Waals surface area contributed by atoms with Crippen molar-refractivity contribution in [3.05, 3.63) is 35.4 Å². The van der Waals surface area contributed by atoms with E-state index in [0.29, 0.717) is 5.56 Å². The van der Waals surface area contributed by atoms with Crippen molar-refractivity contribution in [2.24, 2.45) is 0 Å². The van der Waals surface area contributed by atoms with Crippen molar-refractivity contribution in [3.8, 4) is 0 Å². The van der Waals surface area contributed by atoms with Crippen LogP contribution in [0.3, 0.4) is 0 Å². The molecule has 104 valence electrons. The number of carbonyl (C=O) groups is 2. The molecular weight excluding hydrogens is 270 g/mol. The largest absolute Gasteiger partial charge is 0.480 e. The van der Waals surface area contributed by atoms with E-state index in [-0.39, 0.29) is 11.3 Å². The minimum absolute atomic E-state index is 0.0968. The van der Waals surface area contributed by atoms with Crippen LogP contribution in [0.25, 0.3) is 0 Å². The molecule has 0 bridgehead atoms. The minimum atomic E-state index is -3.12. The zero-order chi connectivity index (χ0) is 14.6. The summed E-state index contributed by atoms with van der Waals surface area (Å²) in [5.74, 6) is -1.73. The van der Waals surface area contributed by atoms with Crippen molar-refractivity contribution in [2.45, 2.75) is 18.7 Å². The van der Waals surface area contributed by atoms with Crippen LogP contribution in [0.5, 0.6) is 0 Å². The first-order valence-corrected chi connectivity index (χ1v) is 7.55. The Bertz CT molecular complexity index is 577. The number of carboxylic acids is 1. The monoisotopic (exact) mass is 285 g/mol. The maximum absolute atomic E-state index is 11.7. The second-order valence-corrected chi connectivity index (χ2v) is 6.44. The van der Waals surface area contributed by atoms with Gasteiger partial charge in [0.15, 0.2) is 9.84 Å². The predicted octanol–water partition coefficient (Wildman–Crippen LogP) is 0.434. The van der Waals surface area contributed by atoms with Gasteiger partial charge in [0, 0.05) is 11.8 Å². The fraction of sp³-hybridized carbons (Fsp3) is 0.333. The van der Waals surface area contributed by atoms with Crippen molar-refractivity contribution < 1.29 is 23.1 Å². The SMILES string of the molecule is CC(NC(=O)c1ccc(CS(C)(=O)=O)cc1)C(=O)O. The average molecular weight is 285 g/mol. The molecule has 0 fully saturated rings. The van der Waals surface area contributed by atoms with E-state index < -0.39 is 27.8 Å². The van der Waals surface area contributed by atoms with E-state index in [4.69, 9.17) is 5.11 Å². The van der Waals surface area contributed by atoms with E-state index in [1.165, 1.54) is 31.2 Å². The number of hydrogen-bond acceptors (Lipinski definition) is 4. The number of rotatable bonds is 5. The van der Waals surface area contributed by atoms with Gasteiger partial charge in [-0.05, 0) is 24.6 Å². The standard InChI is InChI=1S/C12H15NO5S/c1-8(12(15)16)13-11(14)10-5-3-9(4-6-10)7-19(2,17)18/h3-6,8H,7H2,1-2H3,(H,13,14)(H,15,16). The van der Waals surface area contributed by atoms with Gasteiger partial charge in [-0.15, -0.1) is 0 Å². The van der Waals surface area contributed by atoms with Crippen LogP contribution < -0.4 is 5.32 Å². The molecule has 0 aliphatic carbocycles. The Balaban J connectivity index is 2.76. The van der Waals surface area contributed by atoms with Crippen molar-refractivity contribution in [1.29, 1.82) is 0 Å². The lowest BCUT2D eigenvalue weighted by Crippen LogP contribution is -2.38. The summed E-state index contributed by atoms with van der Waals surface area (Å²) in [6, 6.07) is 5.00. The molecule has 0 saturated carbocycles. The van der Waals surface area contributed by atoms with Gasteiger partial charge < -0.3 is 10.4 Å². The molecule has 1 aromatic rings. The van der Waals surface area contributed by atoms with Crippen molar-refractivity contribution in [3.63, 3.8) is 0 Å². The first kappa shape index (κ1) is 15.2. The highest BCUT2D eigenvalue weighted by atomic mass is 32.2. The van der Waals surface area contributed by atoms with Gasteiger partial charge in [0.2, 0.25) is 0 Å². The first-order valence-electron chi connectivity index (χ1n) is 5.49. The lowest BCUT2D eigenvalue weighted by molar-refractivity contribution is -0.138. The van der Waals surface area contributed by atoms with Crippen LogP contribution in [0.2, 0.25) is 0 Å². The van der Waals surface area contributed by atoms with E-state index in [9.17, 15) is 18.0 Å². The molecule has 1 amide bonds. The molecule has 19 heavy (non-hydrogen) atoms. The van der Waals surface area contributed by atoms with Gasteiger partial charge in [0.05, 0.1) is 5.75 Å². The van der Waals surface area contributed by atoms with Gasteiger partial charge in [-0.1, -0.05) is 12.1 Å². The van der Waals surface area contributed by atoms with Gasteiger partial charge in [-0.25, -0.2) is 8.42 Å². The molecule has 0 radical (unpaired) electrons. The van der Waals surface area contributed by atoms with Crippen LogP contribution in [-0.4, -0.2) is 37.7 Å². The minimum Gasteiger partial charge on any atom is -0.480 e. The molecule has 0 saturated heterocycles. The smallest absolute Gasteiger partial charge is 0.325 e. The molecule has 2 N–H and O–H groups in total. The summed E-state index contributed by atoms with van der Waals surface area (Å²) in [5.41, 5.74) is 0.857. The maximum Gasteiger partial charge on any atom is 0.325 e. The van der Waals surface area contributed by atoms with Crippen molar-refractivity contribution in [1.82, 2.24) is 5.32 Å². The Morgan fingerprint density at radius 3 is 2.21 bits per heavy atom. The Hall–Kier alpha value is -1.89. The third-order valence-electron chi connectivity index (χ3n) is 2.36. The lowest BCUT2D eigenvalue weighted by atomic mass is 10.1. The fourth-order valence-corrected chi connectivity index (χ4v) is 2.19. The van der Waals surface area contributed by atoms with Gasteiger partial charge in [-0.3, -0.25) is 9.59 Å². The van der Waals surface area contributed by atoms with Crippen LogP contribution in [0.15, 0.2) is 24.3 Å². The maximum atomic E-state index is 11.7. The Labute approximate surface area is 111 Å². The summed E-state index contributed by atoms with van der Waals surface area (Å²) < 4.78 is 22.2. The summed E-state index contributed by atoms with van der Waals surface area (Å²) in [4.78, 5) is 22.3. The Morgan fingerprint density at radius 2 is 1.79 bits per heavy atom. The van der Waals surface area contributed by atoms with Crippen molar-refractivity contribution in [2.75, 3.05) is 6.26 Å². The topological polar surface area (TPSA) is 101 Å². The molecule has 0 spiro atoms. The second kappa shape index (κ2) is 5.83. The van der Waals surface area contributed by atoms with Crippen LogP contribution in [-0.2, 0) is 20.4 Å². The van der Waals surface area contributed by atoms with E-state index >= 15 is 0 Å². The summed E-state index contributed by atoms with van der Waals surface area (Å²) >= 11 is 0. The zero-order valence-corrected chi connectivity index (χ0v) is 11.4. The number of carboxylic acid groups (broad SMARTS) is 1. The number of sulfone groups is 1. The van der Waals surface area contributed by atoms with Gasteiger partial charge in [0.1, 0.15) is 6.04 Å². The highest BCUT2D eigenvalue weighted by Gasteiger charge is 2.15. The zero-order valence-electron chi connectivity index (χ0n) is 10.6. The number of benzene rings is 1. The lowest BCUT2D eigenvalue weighted by Gasteiger charge is -2.09. The molecule has 7 heteroatoms. The molecule has 0 aliphatic rings. The quantitative estimate of drug-likeness (QED) is 0.817. The molecule has 0 aliphatic heterocycles. The predicted molar refractivity (Wildman–Crippen MR) is 69.6 cm³/mol. The van der Waals surface area contributed by atoms with E-state index in [2.05, 4.69) is 5.32 Å². The number of carbonyl (C=O) groups excluding carboxylic acids is 1. The Morgan fingerprint density at radius 1 is 1.26 bits per heavy atom. The molecule has 1 rings (SSSR count). The van der Waals surface area contributed by atoms with Crippen LogP contribution >= 0.6 is 0 Å². The third-order valence-corrected chi connectivity index (χ3v) is 3.22. The van der Waals surface area contributed by atoms with E-state index in [1.54, 1.807) is 0 Å². The number of hydrogen-bond donors (Lipinski definition) is 2. The number of amides is 1. The summed E-state index contributed by atoms with van der Waals surface area (Å²) in [6.07, 6.45) is 1.13. The Kier molecular flexibility index (Phi) is 4.66. The molecule has 1 aromatic carbocycles. The highest BCUT2D eigenvalue weighted by Crippen LogP contribution is 2.08. The van der Waals surface area contributed by atoms with Gasteiger partial charge >= 0.3 is 5.97 Å². The molecule has 0 aromatic heterocycles. The molecule has 0 heterocycles. The molecule has 1 unspecified atom stereocenters. The fourth-order valence-electron chi connectivity index (χ4n) is 1.40. The highest BCUT2D eigenvalue weighted by molar-refractivity contribution is 7.89. The molecule has 6 nitrogen and oxygen atoms in total. The molecular formula is C12H15NO5S.